The highest BCUT2D eigenvalue weighted by Gasteiger charge is 2.08. The number of benzene rings is 1. The third-order valence-electron chi connectivity index (χ3n) is 2.19. The number of methoxy groups -OCH3 is 1. The molecule has 0 spiro atoms. The molecule has 0 heterocycles. The predicted octanol–water partition coefficient (Wildman–Crippen LogP) is 1.61. The van der Waals surface area contributed by atoms with E-state index in [2.05, 4.69) is 0 Å². The smallest absolute Gasteiger partial charge is 0.165 e. The summed E-state index contributed by atoms with van der Waals surface area (Å²) in [6, 6.07) is 4.55. The summed E-state index contributed by atoms with van der Waals surface area (Å²) in [5.74, 6) is -0.839. The molecule has 1 N–H and O–H groups in total. The Balaban J connectivity index is 2.60. The fourth-order valence-corrected chi connectivity index (χ4v) is 1.30. The standard InChI is InChI=1S/C11H16FNO2/c1-13(6-7-15-2)8-9-4-3-5-10(12)11(9)14/h3-5,14H,6-8H2,1-2H3. The van der Waals surface area contributed by atoms with Crippen LogP contribution in [0.5, 0.6) is 5.75 Å². The van der Waals surface area contributed by atoms with Crippen molar-refractivity contribution in [1.82, 2.24) is 4.90 Å². The first-order valence-electron chi connectivity index (χ1n) is 4.79. The van der Waals surface area contributed by atoms with Crippen molar-refractivity contribution in [3.63, 3.8) is 0 Å². The number of hydrogen-bond acceptors (Lipinski definition) is 3. The van der Waals surface area contributed by atoms with E-state index in [4.69, 9.17) is 4.74 Å². The molecular weight excluding hydrogens is 197 g/mol. The molecule has 0 saturated heterocycles. The summed E-state index contributed by atoms with van der Waals surface area (Å²) in [6.07, 6.45) is 0. The van der Waals surface area contributed by atoms with Gasteiger partial charge in [-0.15, -0.1) is 0 Å². The van der Waals surface area contributed by atoms with Gasteiger partial charge in [-0.2, -0.15) is 0 Å². The summed E-state index contributed by atoms with van der Waals surface area (Å²) in [5, 5.41) is 9.44. The van der Waals surface area contributed by atoms with Crippen molar-refractivity contribution in [2.75, 3.05) is 27.3 Å². The van der Waals surface area contributed by atoms with Crippen molar-refractivity contribution in [3.8, 4) is 5.75 Å². The van der Waals surface area contributed by atoms with Gasteiger partial charge in [-0.05, 0) is 13.1 Å². The molecule has 15 heavy (non-hydrogen) atoms. The molecule has 0 aliphatic carbocycles. The zero-order chi connectivity index (χ0) is 11.3. The maximum absolute atomic E-state index is 13.0. The normalized spacial score (nSPS) is 10.9. The fourth-order valence-electron chi connectivity index (χ4n) is 1.30. The highest BCUT2D eigenvalue weighted by Crippen LogP contribution is 2.21. The molecule has 0 radical (unpaired) electrons. The molecule has 84 valence electrons. The van der Waals surface area contributed by atoms with E-state index in [1.807, 2.05) is 11.9 Å². The lowest BCUT2D eigenvalue weighted by molar-refractivity contribution is 0.158. The maximum atomic E-state index is 13.0. The monoisotopic (exact) mass is 213 g/mol. The minimum absolute atomic E-state index is 0.262. The lowest BCUT2D eigenvalue weighted by Gasteiger charge is -2.16. The van der Waals surface area contributed by atoms with E-state index in [1.54, 1.807) is 19.2 Å². The number of nitrogens with zero attached hydrogens (tertiary/aromatic N) is 1. The van der Waals surface area contributed by atoms with E-state index in [1.165, 1.54) is 6.07 Å². The Morgan fingerprint density at radius 3 is 2.87 bits per heavy atom. The van der Waals surface area contributed by atoms with Gasteiger partial charge >= 0.3 is 0 Å². The third kappa shape index (κ3) is 3.49. The lowest BCUT2D eigenvalue weighted by atomic mass is 10.2. The highest BCUT2D eigenvalue weighted by molar-refractivity contribution is 5.33. The van der Waals surface area contributed by atoms with Gasteiger partial charge in [0.25, 0.3) is 0 Å². The number of likely N-dealkylation sites (N-methyl/N-ethyl adjacent to an activating group) is 1. The van der Waals surface area contributed by atoms with Gasteiger partial charge in [-0.25, -0.2) is 4.39 Å². The van der Waals surface area contributed by atoms with E-state index in [0.717, 1.165) is 6.54 Å². The van der Waals surface area contributed by atoms with Crippen LogP contribution in [0.15, 0.2) is 18.2 Å². The van der Waals surface area contributed by atoms with Gasteiger partial charge in [0, 0.05) is 25.8 Å². The minimum Gasteiger partial charge on any atom is -0.505 e. The van der Waals surface area contributed by atoms with Crippen LogP contribution in [-0.4, -0.2) is 37.3 Å². The van der Waals surface area contributed by atoms with Gasteiger partial charge in [0.15, 0.2) is 11.6 Å². The predicted molar refractivity (Wildman–Crippen MR) is 56.3 cm³/mol. The van der Waals surface area contributed by atoms with Gasteiger partial charge in [0.2, 0.25) is 0 Å². The molecule has 3 nitrogen and oxygen atoms in total. The van der Waals surface area contributed by atoms with Crippen LogP contribution < -0.4 is 0 Å². The number of phenolic OH excluding ortho intramolecular Hbond substituents is 1. The molecule has 1 rings (SSSR count). The zero-order valence-electron chi connectivity index (χ0n) is 9.03. The molecule has 0 aliphatic rings. The average molecular weight is 213 g/mol. The molecular formula is C11H16FNO2. The molecule has 4 heteroatoms. The van der Waals surface area contributed by atoms with Crippen LogP contribution in [0, 0.1) is 5.82 Å². The molecule has 0 atom stereocenters. The molecule has 0 amide bonds. The first-order chi connectivity index (χ1) is 7.15. The zero-order valence-corrected chi connectivity index (χ0v) is 9.03. The van der Waals surface area contributed by atoms with Crippen LogP contribution >= 0.6 is 0 Å². The van der Waals surface area contributed by atoms with Crippen LogP contribution in [0.1, 0.15) is 5.56 Å². The topological polar surface area (TPSA) is 32.7 Å². The number of para-hydroxylation sites is 1. The molecule has 0 fully saturated rings. The molecule has 0 bridgehead atoms. The van der Waals surface area contributed by atoms with Crippen LogP contribution in [-0.2, 0) is 11.3 Å². The Bertz CT molecular complexity index is 317. The van der Waals surface area contributed by atoms with Crippen LogP contribution in [0.4, 0.5) is 4.39 Å². The number of aromatic hydroxyl groups is 1. The van der Waals surface area contributed by atoms with Crippen LogP contribution in [0.2, 0.25) is 0 Å². The second kappa shape index (κ2) is 5.68. The second-order valence-electron chi connectivity index (χ2n) is 3.48. The Labute approximate surface area is 89.1 Å². The molecule has 0 aliphatic heterocycles. The summed E-state index contributed by atoms with van der Waals surface area (Å²) >= 11 is 0. The minimum atomic E-state index is -0.576. The molecule has 0 saturated carbocycles. The highest BCUT2D eigenvalue weighted by atomic mass is 19.1. The van der Waals surface area contributed by atoms with Gasteiger partial charge in [0.1, 0.15) is 0 Å². The maximum Gasteiger partial charge on any atom is 0.165 e. The lowest BCUT2D eigenvalue weighted by Crippen LogP contribution is -2.22. The van der Waals surface area contributed by atoms with Crippen molar-refractivity contribution >= 4 is 0 Å². The molecule has 0 aromatic heterocycles. The van der Waals surface area contributed by atoms with Crippen molar-refractivity contribution < 1.29 is 14.2 Å². The van der Waals surface area contributed by atoms with Gasteiger partial charge in [-0.3, -0.25) is 4.90 Å². The summed E-state index contributed by atoms with van der Waals surface area (Å²) in [6.45, 7) is 1.87. The van der Waals surface area contributed by atoms with Gasteiger partial charge < -0.3 is 9.84 Å². The first-order valence-corrected chi connectivity index (χ1v) is 4.79. The van der Waals surface area contributed by atoms with Gasteiger partial charge in [0.05, 0.1) is 6.61 Å². The van der Waals surface area contributed by atoms with E-state index in [-0.39, 0.29) is 5.75 Å². The first kappa shape index (κ1) is 11.9. The Morgan fingerprint density at radius 1 is 1.47 bits per heavy atom. The fraction of sp³-hybridized carbons (Fsp3) is 0.455. The molecule has 0 unspecified atom stereocenters. The summed E-state index contributed by atoms with van der Waals surface area (Å²) < 4.78 is 17.9. The SMILES string of the molecule is COCCN(C)Cc1cccc(F)c1O. The Kier molecular flexibility index (Phi) is 4.52. The Hall–Kier alpha value is -1.13. The van der Waals surface area contributed by atoms with E-state index >= 15 is 0 Å². The average Bonchev–Trinajstić information content (AvgIpc) is 2.22. The van der Waals surface area contributed by atoms with Crippen molar-refractivity contribution in [1.29, 1.82) is 0 Å². The third-order valence-corrected chi connectivity index (χ3v) is 2.19. The number of halogens is 1. The van der Waals surface area contributed by atoms with E-state index in [0.29, 0.717) is 18.7 Å². The summed E-state index contributed by atoms with van der Waals surface area (Å²) in [7, 11) is 3.52. The van der Waals surface area contributed by atoms with Crippen molar-refractivity contribution in [3.05, 3.63) is 29.6 Å². The second-order valence-corrected chi connectivity index (χ2v) is 3.48. The molecule has 1 aromatic carbocycles. The van der Waals surface area contributed by atoms with Gasteiger partial charge in [-0.1, -0.05) is 12.1 Å². The van der Waals surface area contributed by atoms with E-state index < -0.39 is 5.82 Å². The number of phenols is 1. The Morgan fingerprint density at radius 2 is 2.20 bits per heavy atom. The van der Waals surface area contributed by atoms with Crippen LogP contribution in [0.3, 0.4) is 0 Å². The summed E-state index contributed by atoms with van der Waals surface area (Å²) in [5.41, 5.74) is 0.591. The van der Waals surface area contributed by atoms with Crippen LogP contribution in [0.25, 0.3) is 0 Å². The van der Waals surface area contributed by atoms with Crippen molar-refractivity contribution in [2.24, 2.45) is 0 Å². The van der Waals surface area contributed by atoms with Crippen molar-refractivity contribution in [2.45, 2.75) is 6.54 Å². The number of rotatable bonds is 5. The largest absolute Gasteiger partial charge is 0.505 e. The molecule has 1 aromatic rings. The quantitative estimate of drug-likeness (QED) is 0.806. The van der Waals surface area contributed by atoms with E-state index in [9.17, 15) is 9.50 Å². The number of hydrogen-bond donors (Lipinski definition) is 1. The summed E-state index contributed by atoms with van der Waals surface area (Å²) in [4.78, 5) is 1.96. The number of ether oxygens (including phenoxy) is 1.